The Labute approximate surface area is 56.3 Å². The molecule has 2 N–H and O–H groups in total. The van der Waals surface area contributed by atoms with Crippen molar-refractivity contribution in [2.75, 3.05) is 13.2 Å². The molecule has 1 aliphatic rings. The summed E-state index contributed by atoms with van der Waals surface area (Å²) in [4.78, 5) is 0. The third kappa shape index (κ3) is 1.95. The van der Waals surface area contributed by atoms with Gasteiger partial charge >= 0.3 is 0 Å². The molecule has 0 bridgehead atoms. The van der Waals surface area contributed by atoms with Gasteiger partial charge in [0.05, 0.1) is 6.61 Å². The summed E-state index contributed by atoms with van der Waals surface area (Å²) in [7, 11) is 0. The zero-order valence-corrected chi connectivity index (χ0v) is 5.93. The number of piperidine rings is 1. The van der Waals surface area contributed by atoms with Crippen molar-refractivity contribution >= 4 is 0 Å². The highest BCUT2D eigenvalue weighted by atomic mass is 16.3. The zero-order chi connectivity index (χ0) is 6.69. The van der Waals surface area contributed by atoms with Gasteiger partial charge in [0.1, 0.15) is 0 Å². The van der Waals surface area contributed by atoms with E-state index in [0.717, 1.165) is 18.9 Å². The first-order valence-corrected chi connectivity index (χ1v) is 3.67. The van der Waals surface area contributed by atoms with Crippen LogP contribution in [0.4, 0.5) is 0 Å². The molecule has 0 aromatic carbocycles. The Bertz CT molecular complexity index is 85.0. The van der Waals surface area contributed by atoms with Gasteiger partial charge in [0.15, 0.2) is 0 Å². The van der Waals surface area contributed by atoms with Crippen molar-refractivity contribution in [1.82, 2.24) is 5.32 Å². The molecule has 0 spiro atoms. The van der Waals surface area contributed by atoms with E-state index in [9.17, 15) is 0 Å². The van der Waals surface area contributed by atoms with Crippen LogP contribution in [-0.2, 0) is 0 Å². The van der Waals surface area contributed by atoms with Gasteiger partial charge in [-0.3, -0.25) is 0 Å². The fraction of sp³-hybridized carbons (Fsp3) is 1.00. The topological polar surface area (TPSA) is 32.3 Å². The Balaban J connectivity index is 2.23. The molecule has 0 aliphatic carbocycles. The molecule has 2 heteroatoms. The van der Waals surface area contributed by atoms with E-state index in [1.54, 1.807) is 0 Å². The quantitative estimate of drug-likeness (QED) is 0.536. The molecule has 1 saturated heterocycles. The molecular weight excluding hydrogens is 114 g/mol. The van der Waals surface area contributed by atoms with Gasteiger partial charge < -0.3 is 10.4 Å². The lowest BCUT2D eigenvalue weighted by Crippen LogP contribution is -2.39. The van der Waals surface area contributed by atoms with Crippen LogP contribution in [0.5, 0.6) is 0 Å². The molecule has 0 saturated carbocycles. The second-order valence-electron chi connectivity index (χ2n) is 2.96. The first-order chi connectivity index (χ1) is 4.33. The third-order valence-electron chi connectivity index (χ3n) is 1.98. The van der Waals surface area contributed by atoms with Gasteiger partial charge in [0.25, 0.3) is 0 Å². The number of rotatable bonds is 1. The lowest BCUT2D eigenvalue weighted by Gasteiger charge is -2.26. The van der Waals surface area contributed by atoms with E-state index in [1.165, 1.54) is 6.42 Å². The smallest absolute Gasteiger partial charge is 0.0584 e. The van der Waals surface area contributed by atoms with E-state index < -0.39 is 0 Å². The van der Waals surface area contributed by atoms with Crippen LogP contribution in [0.25, 0.3) is 0 Å². The fourth-order valence-corrected chi connectivity index (χ4v) is 1.36. The molecule has 9 heavy (non-hydrogen) atoms. The van der Waals surface area contributed by atoms with Crippen LogP contribution in [0.1, 0.15) is 19.8 Å². The molecule has 0 amide bonds. The Morgan fingerprint density at radius 1 is 1.67 bits per heavy atom. The fourth-order valence-electron chi connectivity index (χ4n) is 1.36. The van der Waals surface area contributed by atoms with Gasteiger partial charge in [-0.2, -0.15) is 0 Å². The molecule has 0 aromatic rings. The minimum atomic E-state index is 0.296. The van der Waals surface area contributed by atoms with Crippen LogP contribution in [0.3, 0.4) is 0 Å². The Hall–Kier alpha value is -0.0800. The lowest BCUT2D eigenvalue weighted by atomic mass is 9.95. The normalized spacial score (nSPS) is 36.7. The maximum atomic E-state index is 8.75. The summed E-state index contributed by atoms with van der Waals surface area (Å²) in [6.07, 6.45) is 2.40. The summed E-state index contributed by atoms with van der Waals surface area (Å²) in [5.41, 5.74) is 0. The molecular formula is C7H15NO. The third-order valence-corrected chi connectivity index (χ3v) is 1.98. The second-order valence-corrected chi connectivity index (χ2v) is 2.96. The Kier molecular flexibility index (Phi) is 2.49. The van der Waals surface area contributed by atoms with E-state index in [0.29, 0.717) is 12.6 Å². The summed E-state index contributed by atoms with van der Waals surface area (Å²) >= 11 is 0. The molecule has 1 heterocycles. The number of aliphatic hydroxyl groups excluding tert-OH is 1. The Morgan fingerprint density at radius 3 is 2.89 bits per heavy atom. The van der Waals surface area contributed by atoms with Crippen molar-refractivity contribution in [3.8, 4) is 0 Å². The molecule has 0 radical (unpaired) electrons. The van der Waals surface area contributed by atoms with Crippen molar-refractivity contribution in [1.29, 1.82) is 0 Å². The van der Waals surface area contributed by atoms with Crippen LogP contribution in [-0.4, -0.2) is 24.3 Å². The predicted molar refractivity (Wildman–Crippen MR) is 37.3 cm³/mol. The van der Waals surface area contributed by atoms with Gasteiger partial charge in [-0.25, -0.2) is 0 Å². The number of hydrogen-bond acceptors (Lipinski definition) is 2. The van der Waals surface area contributed by atoms with E-state index in [4.69, 9.17) is 5.11 Å². The van der Waals surface area contributed by atoms with Gasteiger partial charge in [0.2, 0.25) is 0 Å². The van der Waals surface area contributed by atoms with E-state index in [1.807, 2.05) is 0 Å². The van der Waals surface area contributed by atoms with Crippen LogP contribution in [0.15, 0.2) is 0 Å². The van der Waals surface area contributed by atoms with Gasteiger partial charge in [-0.1, -0.05) is 6.92 Å². The molecule has 0 unspecified atom stereocenters. The molecule has 1 fully saturated rings. The molecule has 1 aliphatic heterocycles. The van der Waals surface area contributed by atoms with Crippen molar-refractivity contribution in [3.63, 3.8) is 0 Å². The number of hydrogen-bond donors (Lipinski definition) is 2. The molecule has 0 aromatic heterocycles. The Morgan fingerprint density at radius 2 is 2.44 bits per heavy atom. The molecule has 2 nitrogen and oxygen atoms in total. The first kappa shape index (κ1) is 7.03. The average Bonchev–Trinajstić information content (AvgIpc) is 1.88. The van der Waals surface area contributed by atoms with E-state index >= 15 is 0 Å². The summed E-state index contributed by atoms with van der Waals surface area (Å²) in [5, 5.41) is 12.0. The zero-order valence-electron chi connectivity index (χ0n) is 5.93. The predicted octanol–water partition coefficient (Wildman–Crippen LogP) is 0.367. The number of aliphatic hydroxyl groups is 1. The minimum Gasteiger partial charge on any atom is -0.395 e. The summed E-state index contributed by atoms with van der Waals surface area (Å²) in [6.45, 7) is 3.61. The standard InChI is InChI=1S/C7H15NO/c1-6-2-3-8-7(4-6)5-9/h6-9H,2-5H2,1H3/t6-,7-/m1/s1. The summed E-state index contributed by atoms with van der Waals surface area (Å²) < 4.78 is 0. The maximum Gasteiger partial charge on any atom is 0.0584 e. The lowest BCUT2D eigenvalue weighted by molar-refractivity contribution is 0.198. The maximum absolute atomic E-state index is 8.75. The largest absolute Gasteiger partial charge is 0.395 e. The van der Waals surface area contributed by atoms with Crippen LogP contribution in [0, 0.1) is 5.92 Å². The van der Waals surface area contributed by atoms with Crippen molar-refractivity contribution in [2.24, 2.45) is 5.92 Å². The average molecular weight is 129 g/mol. The highest BCUT2D eigenvalue weighted by molar-refractivity contribution is 4.74. The van der Waals surface area contributed by atoms with Crippen LogP contribution < -0.4 is 5.32 Å². The second kappa shape index (κ2) is 3.18. The van der Waals surface area contributed by atoms with Crippen molar-refractivity contribution in [2.45, 2.75) is 25.8 Å². The van der Waals surface area contributed by atoms with Gasteiger partial charge in [-0.05, 0) is 25.3 Å². The van der Waals surface area contributed by atoms with Crippen molar-refractivity contribution in [3.05, 3.63) is 0 Å². The first-order valence-electron chi connectivity index (χ1n) is 3.67. The van der Waals surface area contributed by atoms with Gasteiger partial charge in [-0.15, -0.1) is 0 Å². The van der Waals surface area contributed by atoms with E-state index in [2.05, 4.69) is 12.2 Å². The minimum absolute atomic E-state index is 0.296. The van der Waals surface area contributed by atoms with Crippen molar-refractivity contribution < 1.29 is 5.11 Å². The van der Waals surface area contributed by atoms with Crippen LogP contribution in [0.2, 0.25) is 0 Å². The summed E-state index contributed by atoms with van der Waals surface area (Å²) in [6, 6.07) is 0.369. The number of nitrogens with one attached hydrogen (secondary N) is 1. The van der Waals surface area contributed by atoms with E-state index in [-0.39, 0.29) is 0 Å². The highest BCUT2D eigenvalue weighted by Gasteiger charge is 2.16. The summed E-state index contributed by atoms with van der Waals surface area (Å²) in [5.74, 6) is 0.795. The molecule has 1 rings (SSSR count). The molecule has 54 valence electrons. The van der Waals surface area contributed by atoms with Crippen LogP contribution >= 0.6 is 0 Å². The SMILES string of the molecule is C[C@@H]1CCN[C@@H](CO)C1. The highest BCUT2D eigenvalue weighted by Crippen LogP contribution is 2.13. The molecule has 2 atom stereocenters. The van der Waals surface area contributed by atoms with Gasteiger partial charge in [0, 0.05) is 6.04 Å². The monoisotopic (exact) mass is 129 g/mol.